The van der Waals surface area contributed by atoms with Crippen LogP contribution in [-0.2, 0) is 0 Å². The minimum Gasteiger partial charge on any atom is -0.494 e. The molecule has 380 valence electrons. The first kappa shape index (κ1) is 54.2. The predicted molar refractivity (Wildman–Crippen MR) is 280 cm³/mol. The van der Waals surface area contributed by atoms with Gasteiger partial charge in [0.05, 0.1) is 41.3 Å². The van der Waals surface area contributed by atoms with Crippen LogP contribution in [0.3, 0.4) is 0 Å². The molecular weight excluding hydrogens is 909 g/mol. The summed E-state index contributed by atoms with van der Waals surface area (Å²) < 4.78 is 28.9. The number of ether oxygens (including phenoxy) is 4. The van der Waals surface area contributed by atoms with Gasteiger partial charge in [0.15, 0.2) is 0 Å². The van der Waals surface area contributed by atoms with E-state index in [1.165, 1.54) is 158 Å². The third-order valence-electron chi connectivity index (χ3n) is 12.2. The molecule has 0 atom stereocenters. The van der Waals surface area contributed by atoms with Gasteiger partial charge >= 0.3 is 17.9 Å². The van der Waals surface area contributed by atoms with E-state index in [0.717, 1.165) is 29.9 Å². The molecule has 6 aromatic rings. The lowest BCUT2D eigenvalue weighted by Crippen LogP contribution is -2.11. The largest absolute Gasteiger partial charge is 0.494 e. The molecule has 13 nitrogen and oxygen atoms in total. The molecule has 0 aliphatic carbocycles. The molecule has 0 aliphatic rings. The summed E-state index contributed by atoms with van der Waals surface area (Å²) in [5, 5.41) is 26.8. The van der Waals surface area contributed by atoms with Crippen LogP contribution in [0.2, 0.25) is 0 Å². The number of carbonyl (C=O) groups excluding carboxylic acids is 2. The lowest BCUT2D eigenvalue weighted by atomic mass is 10.1. The van der Waals surface area contributed by atoms with E-state index in [1.54, 1.807) is 24.3 Å². The molecule has 0 amide bonds. The van der Waals surface area contributed by atoms with E-state index < -0.39 is 17.9 Å². The Morgan fingerprint density at radius 3 is 1.18 bits per heavy atom. The molecule has 0 saturated carbocycles. The molecule has 1 N–H and O–H groups in total. The Morgan fingerprint density at radius 2 is 0.778 bits per heavy atom. The molecule has 0 saturated heterocycles. The average Bonchev–Trinajstić information content (AvgIpc) is 3.90. The van der Waals surface area contributed by atoms with Gasteiger partial charge in [0.2, 0.25) is 11.8 Å². The number of esters is 2. The summed E-state index contributed by atoms with van der Waals surface area (Å²) in [5.41, 5.74) is 2.57. The normalized spacial score (nSPS) is 11.2. The topological polar surface area (TPSA) is 172 Å². The zero-order valence-corrected chi connectivity index (χ0v) is 42.0. The lowest BCUT2D eigenvalue weighted by molar-refractivity contribution is 0.0680. The Hall–Kier alpha value is -7.15. The average molecular weight is 979 g/mol. The van der Waals surface area contributed by atoms with Gasteiger partial charge in [-0.05, 0) is 122 Å². The highest BCUT2D eigenvalue weighted by atomic mass is 16.5. The summed E-state index contributed by atoms with van der Waals surface area (Å²) in [4.78, 5) is 38.4. The molecule has 72 heavy (non-hydrogen) atoms. The highest BCUT2D eigenvalue weighted by Gasteiger charge is 2.18. The molecule has 5 aromatic carbocycles. The number of rotatable bonds is 33. The zero-order chi connectivity index (χ0) is 50.6. The Balaban J connectivity index is 0.928. The number of benzene rings is 5. The maximum atomic E-state index is 13.2. The molecule has 0 fully saturated rings. The van der Waals surface area contributed by atoms with Gasteiger partial charge in [-0.3, -0.25) is 0 Å². The Bertz CT molecular complexity index is 2570. The van der Waals surface area contributed by atoms with Crippen molar-refractivity contribution >= 4 is 29.3 Å². The van der Waals surface area contributed by atoms with E-state index in [2.05, 4.69) is 34.3 Å². The Labute approximate surface area is 424 Å². The predicted octanol–water partition coefficient (Wildman–Crippen LogP) is 16.6. The fourth-order valence-electron chi connectivity index (χ4n) is 7.99. The van der Waals surface area contributed by atoms with Crippen LogP contribution in [-0.4, -0.2) is 46.4 Å². The minimum atomic E-state index is -1.31. The number of carboxylic acids is 1. The Kier molecular flexibility index (Phi) is 23.0. The molecule has 0 bridgehead atoms. The van der Waals surface area contributed by atoms with Crippen molar-refractivity contribution in [2.45, 2.75) is 142 Å². The van der Waals surface area contributed by atoms with E-state index in [0.29, 0.717) is 36.0 Å². The van der Waals surface area contributed by atoms with Gasteiger partial charge < -0.3 is 28.5 Å². The quantitative estimate of drug-likeness (QED) is 0.0180. The summed E-state index contributed by atoms with van der Waals surface area (Å²) in [6.07, 6.45) is 25.5. The van der Waals surface area contributed by atoms with Gasteiger partial charge in [0.1, 0.15) is 23.0 Å². The van der Waals surface area contributed by atoms with Crippen LogP contribution in [0.15, 0.2) is 130 Å². The van der Waals surface area contributed by atoms with Crippen molar-refractivity contribution in [2.24, 2.45) is 10.2 Å². The number of nitrogens with zero attached hydrogens (tertiary/aromatic N) is 4. The van der Waals surface area contributed by atoms with E-state index in [9.17, 15) is 19.5 Å². The number of hydrogen-bond donors (Lipinski definition) is 1. The first-order valence-corrected chi connectivity index (χ1v) is 26.0. The van der Waals surface area contributed by atoms with Crippen LogP contribution < -0.4 is 18.9 Å². The van der Waals surface area contributed by atoms with Crippen LogP contribution in [0.4, 0.5) is 11.4 Å². The van der Waals surface area contributed by atoms with Crippen LogP contribution in [0, 0.1) is 0 Å². The monoisotopic (exact) mass is 979 g/mol. The third kappa shape index (κ3) is 18.9. The van der Waals surface area contributed by atoms with Crippen LogP contribution in [0.1, 0.15) is 173 Å². The van der Waals surface area contributed by atoms with Crippen molar-refractivity contribution in [1.29, 1.82) is 0 Å². The fourth-order valence-corrected chi connectivity index (χ4v) is 7.99. The molecule has 1 heterocycles. The summed E-state index contributed by atoms with van der Waals surface area (Å²) in [5.74, 6) is -0.934. The van der Waals surface area contributed by atoms with E-state index in [4.69, 9.17) is 23.4 Å². The van der Waals surface area contributed by atoms with Gasteiger partial charge in [0, 0.05) is 17.2 Å². The summed E-state index contributed by atoms with van der Waals surface area (Å²) in [6.45, 7) is 5.85. The highest BCUT2D eigenvalue weighted by molar-refractivity contribution is 5.94. The minimum absolute atomic E-state index is 0.128. The molecular formula is C59H70N4O9. The van der Waals surface area contributed by atoms with Crippen molar-refractivity contribution < 1.29 is 42.9 Å². The molecule has 0 radical (unpaired) electrons. The van der Waals surface area contributed by atoms with Crippen molar-refractivity contribution in [3.05, 3.63) is 132 Å². The summed E-state index contributed by atoms with van der Waals surface area (Å²) >= 11 is 0. The van der Waals surface area contributed by atoms with E-state index in [1.807, 2.05) is 48.5 Å². The number of carbonyl (C=O) groups is 3. The number of unbranched alkanes of at least 4 members (excludes halogenated alkanes) is 18. The second kappa shape index (κ2) is 30.6. The van der Waals surface area contributed by atoms with Crippen molar-refractivity contribution in [2.75, 3.05) is 13.2 Å². The molecule has 1 aromatic heterocycles. The van der Waals surface area contributed by atoms with Crippen molar-refractivity contribution in [3.8, 4) is 45.9 Å². The van der Waals surface area contributed by atoms with Gasteiger partial charge in [-0.25, -0.2) is 14.4 Å². The number of aromatic nitrogens is 2. The molecule has 0 aliphatic heterocycles. The van der Waals surface area contributed by atoms with Gasteiger partial charge in [-0.2, -0.15) is 10.2 Å². The van der Waals surface area contributed by atoms with Crippen LogP contribution in [0.25, 0.3) is 22.9 Å². The molecule has 6 rings (SSSR count). The lowest BCUT2D eigenvalue weighted by Gasteiger charge is -2.10. The SMILES string of the molecule is CCCCCCCCCCCCOc1ccc(N=Nc2ccc(C(=O)Oc3cc(OC(=O)c4ccc(-c5nnc(-c6ccc(OCCCCCCCCCCCC)cc6)o5)cc4)cc(C(=O)O)c3)cc2)cc1. The van der Waals surface area contributed by atoms with Crippen molar-refractivity contribution in [3.63, 3.8) is 0 Å². The number of aromatic carboxylic acids is 1. The van der Waals surface area contributed by atoms with Gasteiger partial charge in [0.25, 0.3) is 0 Å². The maximum Gasteiger partial charge on any atom is 0.343 e. The second-order valence-electron chi connectivity index (χ2n) is 18.1. The van der Waals surface area contributed by atoms with Gasteiger partial charge in [-0.15, -0.1) is 10.2 Å². The smallest absolute Gasteiger partial charge is 0.343 e. The van der Waals surface area contributed by atoms with Crippen LogP contribution in [0.5, 0.6) is 23.0 Å². The number of carboxylic acid groups (broad SMARTS) is 1. The van der Waals surface area contributed by atoms with E-state index >= 15 is 0 Å². The summed E-state index contributed by atoms with van der Waals surface area (Å²) in [6, 6.07) is 31.1. The fraction of sp³-hybridized carbons (Fsp3) is 0.407. The second-order valence-corrected chi connectivity index (χ2v) is 18.1. The first-order chi connectivity index (χ1) is 35.3. The molecule has 0 spiro atoms. The van der Waals surface area contributed by atoms with Crippen molar-refractivity contribution in [1.82, 2.24) is 10.2 Å². The summed E-state index contributed by atoms with van der Waals surface area (Å²) in [7, 11) is 0. The van der Waals surface area contributed by atoms with E-state index in [-0.39, 0.29) is 34.1 Å². The number of azo groups is 1. The molecule has 13 heteroatoms. The standard InChI is InChI=1S/C59H70N4O9/c1-3-5-7-9-11-13-15-17-19-21-39-68-51-35-29-45(30-36-51)56-63-62-55(72-56)44-23-25-46(26-24-44)58(66)70-53-41-48(57(64)65)42-54(43-53)71-59(67)47-27-31-49(32-28-47)60-61-50-33-37-52(38-34-50)69-40-22-20-18-16-14-12-10-8-6-4-2/h23-38,41-43H,3-22,39-40H2,1-2H3,(H,64,65). The third-order valence-corrected chi connectivity index (χ3v) is 12.2. The maximum absolute atomic E-state index is 13.2. The van der Waals surface area contributed by atoms with Crippen LogP contribution >= 0.6 is 0 Å². The molecule has 0 unspecified atom stereocenters. The Morgan fingerprint density at radius 1 is 0.431 bits per heavy atom. The number of hydrogen-bond acceptors (Lipinski definition) is 12. The first-order valence-electron chi connectivity index (χ1n) is 26.0. The highest BCUT2D eigenvalue weighted by Crippen LogP contribution is 2.29. The van der Waals surface area contributed by atoms with Gasteiger partial charge in [-0.1, -0.05) is 129 Å². The zero-order valence-electron chi connectivity index (χ0n) is 42.0.